The van der Waals surface area contributed by atoms with Gasteiger partial charge in [-0.25, -0.2) is 0 Å². The van der Waals surface area contributed by atoms with E-state index in [1.54, 1.807) is 0 Å². The molecule has 0 atom stereocenters. The monoisotopic (exact) mass is 251 g/mol. The molecule has 3 nitrogen and oxygen atoms in total. The third-order valence-electron chi connectivity index (χ3n) is 2.57. The highest BCUT2D eigenvalue weighted by Crippen LogP contribution is 2.16. The van der Waals surface area contributed by atoms with Crippen LogP contribution in [0.5, 0.6) is 0 Å². The van der Waals surface area contributed by atoms with Crippen molar-refractivity contribution in [2.75, 3.05) is 6.61 Å². The number of allylic oxidation sites excluding steroid dienone is 1. The minimum atomic E-state index is 0.100. The summed E-state index contributed by atoms with van der Waals surface area (Å²) in [6.07, 6.45) is 3.98. The Morgan fingerprint density at radius 3 is 2.72 bits per heavy atom. The third-order valence-corrected chi connectivity index (χ3v) is 2.57. The summed E-state index contributed by atoms with van der Waals surface area (Å²) in [7, 11) is 0. The van der Waals surface area contributed by atoms with Gasteiger partial charge < -0.3 is 14.5 Å². The van der Waals surface area contributed by atoms with Crippen molar-refractivity contribution in [1.29, 1.82) is 0 Å². The normalized spacial score (nSPS) is 12.5. The molecule has 102 valence electrons. The van der Waals surface area contributed by atoms with Gasteiger partial charge in [0.25, 0.3) is 0 Å². The topological polar surface area (TPSA) is 34.4 Å². The van der Waals surface area contributed by atoms with E-state index in [1.165, 1.54) is 0 Å². The van der Waals surface area contributed by atoms with Gasteiger partial charge >= 0.3 is 0 Å². The number of rotatable bonds is 6. The Kier molecular flexibility index (Phi) is 5.63. The first-order valence-electron chi connectivity index (χ1n) is 6.44. The maximum Gasteiger partial charge on any atom is 0.118 e. The van der Waals surface area contributed by atoms with Crippen LogP contribution >= 0.6 is 0 Å². The molecular weight excluding hydrogens is 226 g/mol. The molecule has 0 aliphatic carbocycles. The quantitative estimate of drug-likeness (QED) is 0.620. The van der Waals surface area contributed by atoms with Crippen LogP contribution in [0.1, 0.15) is 44.8 Å². The Hall–Kier alpha value is -1.06. The minimum Gasteiger partial charge on any atom is -0.465 e. The summed E-state index contributed by atoms with van der Waals surface area (Å²) >= 11 is 0. The smallest absolute Gasteiger partial charge is 0.118 e. The van der Waals surface area contributed by atoms with E-state index >= 15 is 0 Å². The molecular formula is C15H25NO2. The molecule has 0 spiro atoms. The maximum atomic E-state index is 5.71. The first-order chi connectivity index (χ1) is 8.42. The van der Waals surface area contributed by atoms with Gasteiger partial charge in [-0.2, -0.15) is 0 Å². The molecule has 1 rings (SSSR count). The second-order valence-corrected chi connectivity index (χ2v) is 5.48. The van der Waals surface area contributed by atoms with E-state index in [2.05, 4.69) is 32.2 Å². The van der Waals surface area contributed by atoms with Gasteiger partial charge in [-0.1, -0.05) is 12.2 Å². The molecule has 18 heavy (non-hydrogen) atoms. The van der Waals surface area contributed by atoms with Gasteiger partial charge in [-0.05, 0) is 40.7 Å². The number of hydrogen-bond acceptors (Lipinski definition) is 3. The Balaban J connectivity index is 2.48. The molecule has 3 heteroatoms. The molecule has 1 aromatic rings. The number of aryl methyl sites for hydroxylation is 1. The molecule has 0 amide bonds. The number of ether oxygens (including phenoxy) is 1. The molecule has 0 unspecified atom stereocenters. The average molecular weight is 251 g/mol. The highest BCUT2D eigenvalue weighted by atomic mass is 16.5. The molecule has 1 N–H and O–H groups in total. The summed E-state index contributed by atoms with van der Waals surface area (Å²) in [6.45, 7) is 12.4. The molecule has 0 saturated heterocycles. The number of nitrogens with one attached hydrogen (secondary N) is 1. The zero-order valence-corrected chi connectivity index (χ0v) is 12.2. The zero-order chi connectivity index (χ0) is 13.6. The summed E-state index contributed by atoms with van der Waals surface area (Å²) in [4.78, 5) is 0. The van der Waals surface area contributed by atoms with Crippen LogP contribution < -0.4 is 5.32 Å². The van der Waals surface area contributed by atoms with Crippen LogP contribution in [0.4, 0.5) is 0 Å². The van der Waals surface area contributed by atoms with E-state index in [9.17, 15) is 0 Å². The Morgan fingerprint density at radius 2 is 2.11 bits per heavy atom. The second-order valence-electron chi connectivity index (χ2n) is 5.48. The van der Waals surface area contributed by atoms with Crippen LogP contribution in [0.3, 0.4) is 0 Å². The van der Waals surface area contributed by atoms with Crippen molar-refractivity contribution in [2.45, 2.75) is 53.3 Å². The van der Waals surface area contributed by atoms with Crippen LogP contribution in [-0.4, -0.2) is 12.1 Å². The fraction of sp³-hybridized carbons (Fsp3) is 0.600. The van der Waals surface area contributed by atoms with Gasteiger partial charge in [-0.15, -0.1) is 0 Å². The lowest BCUT2D eigenvalue weighted by atomic mass is 10.1. The fourth-order valence-electron chi connectivity index (χ4n) is 1.50. The van der Waals surface area contributed by atoms with Gasteiger partial charge in [0, 0.05) is 11.1 Å². The highest BCUT2D eigenvalue weighted by molar-refractivity contribution is 5.20. The largest absolute Gasteiger partial charge is 0.465 e. The van der Waals surface area contributed by atoms with Gasteiger partial charge in [0.15, 0.2) is 0 Å². The van der Waals surface area contributed by atoms with Crippen molar-refractivity contribution in [1.82, 2.24) is 5.32 Å². The molecule has 0 aliphatic heterocycles. The van der Waals surface area contributed by atoms with Gasteiger partial charge in [-0.3, -0.25) is 0 Å². The number of hydrogen-bond donors (Lipinski definition) is 1. The Bertz CT molecular complexity index is 386. The predicted octanol–water partition coefficient (Wildman–Crippen LogP) is 3.57. The van der Waals surface area contributed by atoms with Crippen LogP contribution in [-0.2, 0) is 17.9 Å². The van der Waals surface area contributed by atoms with Crippen molar-refractivity contribution in [3.05, 3.63) is 35.3 Å². The molecule has 0 saturated carbocycles. The van der Waals surface area contributed by atoms with Crippen LogP contribution in [0, 0.1) is 6.92 Å². The van der Waals surface area contributed by atoms with Gasteiger partial charge in [0.05, 0.1) is 19.8 Å². The van der Waals surface area contributed by atoms with E-state index in [1.807, 2.05) is 26.0 Å². The predicted molar refractivity (Wildman–Crippen MR) is 74.5 cm³/mol. The first kappa shape index (κ1) is 15.0. The van der Waals surface area contributed by atoms with Crippen LogP contribution in [0.15, 0.2) is 22.6 Å². The van der Waals surface area contributed by atoms with Gasteiger partial charge in [0.2, 0.25) is 0 Å². The fourth-order valence-corrected chi connectivity index (χ4v) is 1.50. The summed E-state index contributed by atoms with van der Waals surface area (Å²) in [5, 5.41) is 3.41. The molecule has 0 aromatic carbocycles. The van der Waals surface area contributed by atoms with Crippen molar-refractivity contribution >= 4 is 0 Å². The van der Waals surface area contributed by atoms with Crippen LogP contribution in [0.25, 0.3) is 0 Å². The lowest BCUT2D eigenvalue weighted by Crippen LogP contribution is -2.34. The highest BCUT2D eigenvalue weighted by Gasteiger charge is 2.12. The van der Waals surface area contributed by atoms with Crippen molar-refractivity contribution in [2.24, 2.45) is 0 Å². The second kappa shape index (κ2) is 6.76. The van der Waals surface area contributed by atoms with E-state index < -0.39 is 0 Å². The summed E-state index contributed by atoms with van der Waals surface area (Å²) in [5.41, 5.74) is 1.23. The first-order valence-corrected chi connectivity index (χ1v) is 6.44. The lowest BCUT2D eigenvalue weighted by Gasteiger charge is -2.19. The molecule has 1 heterocycles. The van der Waals surface area contributed by atoms with E-state index in [-0.39, 0.29) is 5.54 Å². The SMILES string of the molecule is CC=CCOCc1cc(CNC(C)(C)C)oc1C. The zero-order valence-electron chi connectivity index (χ0n) is 12.2. The molecule has 0 bridgehead atoms. The van der Waals surface area contributed by atoms with Crippen LogP contribution in [0.2, 0.25) is 0 Å². The van der Waals surface area contributed by atoms with Crippen molar-refractivity contribution in [3.63, 3.8) is 0 Å². The van der Waals surface area contributed by atoms with E-state index in [4.69, 9.17) is 9.15 Å². The lowest BCUT2D eigenvalue weighted by molar-refractivity contribution is 0.147. The minimum absolute atomic E-state index is 0.100. The van der Waals surface area contributed by atoms with Crippen molar-refractivity contribution < 1.29 is 9.15 Å². The summed E-state index contributed by atoms with van der Waals surface area (Å²) < 4.78 is 11.2. The standard InChI is InChI=1S/C15H25NO2/c1-6-7-8-17-11-13-9-14(18-12(13)2)10-16-15(3,4)5/h6-7,9,16H,8,10-11H2,1-5H3. The molecule has 1 aromatic heterocycles. The van der Waals surface area contributed by atoms with Gasteiger partial charge in [0.1, 0.15) is 11.5 Å². The molecule has 0 aliphatic rings. The maximum absolute atomic E-state index is 5.71. The Morgan fingerprint density at radius 1 is 1.39 bits per heavy atom. The summed E-state index contributed by atoms with van der Waals surface area (Å²) in [6, 6.07) is 2.07. The number of furan rings is 1. The van der Waals surface area contributed by atoms with E-state index in [0.29, 0.717) is 13.2 Å². The summed E-state index contributed by atoms with van der Waals surface area (Å²) in [5.74, 6) is 1.91. The van der Waals surface area contributed by atoms with E-state index in [0.717, 1.165) is 23.6 Å². The third kappa shape index (κ3) is 5.52. The Labute approximate surface area is 110 Å². The average Bonchev–Trinajstić information content (AvgIpc) is 2.62. The van der Waals surface area contributed by atoms with Crippen molar-refractivity contribution in [3.8, 4) is 0 Å². The molecule has 0 fully saturated rings. The molecule has 0 radical (unpaired) electrons.